The normalized spacial score (nSPS) is 11.2. The van der Waals surface area contributed by atoms with E-state index in [2.05, 4.69) is 20.6 Å². The summed E-state index contributed by atoms with van der Waals surface area (Å²) in [7, 11) is 1.84. The van der Waals surface area contributed by atoms with Crippen LogP contribution < -0.4 is 5.32 Å². The molecule has 7 heteroatoms. The minimum Gasteiger partial charge on any atom is -0.424 e. The van der Waals surface area contributed by atoms with E-state index in [1.165, 1.54) is 0 Å². The van der Waals surface area contributed by atoms with Crippen LogP contribution in [0.5, 0.6) is 0 Å². The molecule has 1 N–H and O–H groups in total. The predicted octanol–water partition coefficient (Wildman–Crippen LogP) is 2.84. The topological polar surface area (TPSA) is 68.8 Å². The van der Waals surface area contributed by atoms with Crippen molar-refractivity contribution in [1.29, 1.82) is 0 Å². The van der Waals surface area contributed by atoms with Crippen molar-refractivity contribution in [2.75, 3.05) is 5.32 Å². The maximum absolute atomic E-state index is 6.22. The minimum absolute atomic E-state index is 0.464. The van der Waals surface area contributed by atoms with Crippen molar-refractivity contribution < 1.29 is 4.42 Å². The van der Waals surface area contributed by atoms with Gasteiger partial charge in [0.15, 0.2) is 5.58 Å². The molecule has 0 amide bonds. The molecule has 3 rings (SSSR count). The first kappa shape index (κ1) is 12.9. The fourth-order valence-corrected chi connectivity index (χ4v) is 2.21. The summed E-state index contributed by atoms with van der Waals surface area (Å²) < 4.78 is 7.39. The van der Waals surface area contributed by atoms with Gasteiger partial charge in [-0.3, -0.25) is 4.68 Å². The van der Waals surface area contributed by atoms with E-state index in [0.29, 0.717) is 12.6 Å². The van der Waals surface area contributed by atoms with Crippen LogP contribution in [0.1, 0.15) is 16.8 Å². The number of oxazole rings is 1. The first-order chi connectivity index (χ1) is 9.56. The maximum Gasteiger partial charge on any atom is 0.296 e. The van der Waals surface area contributed by atoms with Crippen molar-refractivity contribution in [3.05, 3.63) is 34.1 Å². The minimum atomic E-state index is 0.464. The Labute approximate surface area is 120 Å². The number of nitrogens with one attached hydrogen (secondary N) is 1. The van der Waals surface area contributed by atoms with E-state index in [1.54, 1.807) is 10.9 Å². The molecule has 104 valence electrons. The summed E-state index contributed by atoms with van der Waals surface area (Å²) in [5.74, 6) is 0. The second-order valence-electron chi connectivity index (χ2n) is 4.70. The zero-order valence-corrected chi connectivity index (χ0v) is 12.2. The number of fused-ring (bicyclic) bond motifs is 1. The molecule has 20 heavy (non-hydrogen) atoms. The molecule has 0 aliphatic heterocycles. The van der Waals surface area contributed by atoms with Crippen LogP contribution in [0.3, 0.4) is 0 Å². The summed E-state index contributed by atoms with van der Waals surface area (Å²) in [5.41, 5.74) is 4.37. The van der Waals surface area contributed by atoms with Crippen molar-refractivity contribution in [2.45, 2.75) is 20.4 Å². The molecular formula is C13H14ClN5O. The second kappa shape index (κ2) is 4.79. The highest BCUT2D eigenvalue weighted by Gasteiger charge is 2.13. The highest BCUT2D eigenvalue weighted by Crippen LogP contribution is 2.30. The van der Waals surface area contributed by atoms with Crippen LogP contribution in [0.2, 0.25) is 5.02 Å². The quantitative estimate of drug-likeness (QED) is 0.803. The Morgan fingerprint density at radius 1 is 1.40 bits per heavy atom. The lowest BCUT2D eigenvalue weighted by Crippen LogP contribution is -2.05. The Morgan fingerprint density at radius 3 is 2.90 bits per heavy atom. The largest absolute Gasteiger partial charge is 0.424 e. The van der Waals surface area contributed by atoms with Crippen LogP contribution in [-0.2, 0) is 13.6 Å². The predicted molar refractivity (Wildman–Crippen MR) is 76.8 cm³/mol. The van der Waals surface area contributed by atoms with Crippen LogP contribution in [0.15, 0.2) is 16.7 Å². The first-order valence-electron chi connectivity index (χ1n) is 6.20. The molecule has 0 saturated heterocycles. The molecule has 0 saturated carbocycles. The van der Waals surface area contributed by atoms with E-state index >= 15 is 0 Å². The van der Waals surface area contributed by atoms with Crippen molar-refractivity contribution in [3.8, 4) is 0 Å². The molecule has 0 fully saturated rings. The van der Waals surface area contributed by atoms with Crippen LogP contribution in [0, 0.1) is 13.8 Å². The fourth-order valence-electron chi connectivity index (χ4n) is 2.07. The zero-order valence-electron chi connectivity index (χ0n) is 11.4. The molecule has 0 bridgehead atoms. The van der Waals surface area contributed by atoms with E-state index in [0.717, 1.165) is 32.9 Å². The molecule has 0 aliphatic carbocycles. The lowest BCUT2D eigenvalue weighted by Gasteiger charge is -2.00. The van der Waals surface area contributed by atoms with Gasteiger partial charge < -0.3 is 9.73 Å². The van der Waals surface area contributed by atoms with Crippen LogP contribution >= 0.6 is 11.6 Å². The zero-order chi connectivity index (χ0) is 14.3. The monoisotopic (exact) mass is 291 g/mol. The third-order valence-electron chi connectivity index (χ3n) is 3.26. The first-order valence-corrected chi connectivity index (χ1v) is 6.57. The number of rotatable bonds is 3. The van der Waals surface area contributed by atoms with Gasteiger partial charge in [-0.25, -0.2) is 0 Å². The Bertz CT molecular complexity index is 777. The number of anilines is 1. The third-order valence-corrected chi connectivity index (χ3v) is 3.84. The summed E-state index contributed by atoms with van der Waals surface area (Å²) in [5, 5.41) is 11.5. The lowest BCUT2D eigenvalue weighted by atomic mass is 10.1. The highest BCUT2D eigenvalue weighted by atomic mass is 35.5. The molecule has 2 aromatic heterocycles. The van der Waals surface area contributed by atoms with E-state index in [9.17, 15) is 0 Å². The van der Waals surface area contributed by atoms with Crippen molar-refractivity contribution in [1.82, 2.24) is 20.0 Å². The number of hydrogen-bond acceptors (Lipinski definition) is 5. The highest BCUT2D eigenvalue weighted by molar-refractivity contribution is 6.33. The third kappa shape index (κ3) is 2.12. The molecule has 6 nitrogen and oxygen atoms in total. The SMILES string of the molecule is Cc1cc2oc(NCc3cnnn3C)nc2c(C)c1Cl. The smallest absolute Gasteiger partial charge is 0.296 e. The van der Waals surface area contributed by atoms with Gasteiger partial charge in [0.25, 0.3) is 6.01 Å². The number of hydrogen-bond donors (Lipinski definition) is 1. The van der Waals surface area contributed by atoms with Crippen molar-refractivity contribution >= 4 is 28.7 Å². The van der Waals surface area contributed by atoms with Gasteiger partial charge in [-0.1, -0.05) is 16.8 Å². The summed E-state index contributed by atoms with van der Waals surface area (Å²) in [6, 6.07) is 2.36. The number of aromatic nitrogens is 4. The number of aryl methyl sites for hydroxylation is 3. The molecule has 0 aliphatic rings. The average Bonchev–Trinajstić information content (AvgIpc) is 3.00. The number of nitrogens with zero attached hydrogens (tertiary/aromatic N) is 4. The summed E-state index contributed by atoms with van der Waals surface area (Å²) in [4.78, 5) is 4.43. The summed E-state index contributed by atoms with van der Waals surface area (Å²) in [6.07, 6.45) is 1.70. The standard InChI is InChI=1S/C13H14ClN5O/c1-7-4-10-12(8(2)11(7)14)17-13(20-10)15-5-9-6-16-18-19(9)3/h4,6H,5H2,1-3H3,(H,15,17). The molecular weight excluding hydrogens is 278 g/mol. The summed E-state index contributed by atoms with van der Waals surface area (Å²) >= 11 is 6.22. The molecule has 0 radical (unpaired) electrons. The second-order valence-corrected chi connectivity index (χ2v) is 5.08. The Hall–Kier alpha value is -2.08. The fraction of sp³-hybridized carbons (Fsp3) is 0.308. The summed E-state index contributed by atoms with van der Waals surface area (Å²) in [6.45, 7) is 4.43. The molecule has 0 spiro atoms. The van der Waals surface area contributed by atoms with Crippen LogP contribution in [0.4, 0.5) is 6.01 Å². The maximum atomic E-state index is 6.22. The number of benzene rings is 1. The van der Waals surface area contributed by atoms with Gasteiger partial charge in [0.1, 0.15) is 5.52 Å². The van der Waals surface area contributed by atoms with Gasteiger partial charge in [0.2, 0.25) is 0 Å². The van der Waals surface area contributed by atoms with Gasteiger partial charge in [0.05, 0.1) is 18.4 Å². The Kier molecular flexibility index (Phi) is 3.10. The van der Waals surface area contributed by atoms with E-state index in [1.807, 2.05) is 27.0 Å². The van der Waals surface area contributed by atoms with Gasteiger partial charge in [-0.2, -0.15) is 4.98 Å². The van der Waals surface area contributed by atoms with Crippen LogP contribution in [-0.4, -0.2) is 20.0 Å². The molecule has 0 unspecified atom stereocenters. The van der Waals surface area contributed by atoms with Gasteiger partial charge >= 0.3 is 0 Å². The Balaban J connectivity index is 1.90. The Morgan fingerprint density at radius 2 is 2.20 bits per heavy atom. The molecule has 3 aromatic rings. The lowest BCUT2D eigenvalue weighted by molar-refractivity contribution is 0.609. The molecule has 2 heterocycles. The van der Waals surface area contributed by atoms with E-state index in [-0.39, 0.29) is 0 Å². The number of halogens is 1. The van der Waals surface area contributed by atoms with Crippen molar-refractivity contribution in [3.63, 3.8) is 0 Å². The van der Waals surface area contributed by atoms with Crippen LogP contribution in [0.25, 0.3) is 11.1 Å². The van der Waals surface area contributed by atoms with Gasteiger partial charge in [-0.05, 0) is 31.0 Å². The molecule has 1 aromatic carbocycles. The average molecular weight is 292 g/mol. The van der Waals surface area contributed by atoms with E-state index < -0.39 is 0 Å². The molecule has 0 atom stereocenters. The van der Waals surface area contributed by atoms with Crippen molar-refractivity contribution in [2.24, 2.45) is 7.05 Å². The van der Waals surface area contributed by atoms with Gasteiger partial charge in [0, 0.05) is 12.1 Å². The van der Waals surface area contributed by atoms with Gasteiger partial charge in [-0.15, -0.1) is 5.10 Å². The van der Waals surface area contributed by atoms with E-state index in [4.69, 9.17) is 16.0 Å².